The van der Waals surface area contributed by atoms with Gasteiger partial charge in [0.2, 0.25) is 0 Å². The van der Waals surface area contributed by atoms with Gasteiger partial charge in [0.25, 0.3) is 5.91 Å². The molecule has 1 aliphatic rings. The number of rotatable bonds is 1. The Morgan fingerprint density at radius 2 is 2.60 bits per heavy atom. The van der Waals surface area contributed by atoms with E-state index in [1.54, 1.807) is 0 Å². The van der Waals surface area contributed by atoms with E-state index in [2.05, 4.69) is 5.32 Å². The molecule has 0 aromatic rings. The summed E-state index contributed by atoms with van der Waals surface area (Å²) in [4.78, 5) is 10.7. The Hall–Kier alpha value is -0.640. The molecule has 0 bridgehead atoms. The predicted octanol–water partition coefficient (Wildman–Crippen LogP) is -0.405. The van der Waals surface area contributed by atoms with Crippen molar-refractivity contribution in [3.05, 3.63) is 0 Å². The molecule has 1 aliphatic heterocycles. The maximum atomic E-state index is 12.9. The minimum absolute atomic E-state index is 0.0718. The Balaban J connectivity index is 2.62. The van der Waals surface area contributed by atoms with Crippen molar-refractivity contribution < 1.29 is 14.3 Å². The second-order valence-corrected chi connectivity index (χ2v) is 2.75. The number of halogens is 1. The molecule has 1 rings (SSSR count). The molecule has 4 heteroatoms. The van der Waals surface area contributed by atoms with Crippen LogP contribution in [-0.2, 0) is 4.79 Å². The minimum atomic E-state index is -1.78. The smallest absolute Gasteiger partial charge is 0.257 e. The lowest BCUT2D eigenvalue weighted by Crippen LogP contribution is -2.32. The maximum absolute atomic E-state index is 12.9. The first-order valence-electron chi connectivity index (χ1n) is 3.17. The van der Waals surface area contributed by atoms with Crippen molar-refractivity contribution in [2.45, 2.75) is 25.1 Å². The van der Waals surface area contributed by atoms with Crippen molar-refractivity contribution in [3.63, 3.8) is 0 Å². The van der Waals surface area contributed by atoms with Gasteiger partial charge in [-0.05, 0) is 6.92 Å². The van der Waals surface area contributed by atoms with Crippen LogP contribution < -0.4 is 5.32 Å². The Labute approximate surface area is 58.2 Å². The molecule has 1 heterocycles. The van der Waals surface area contributed by atoms with E-state index in [9.17, 15) is 9.18 Å². The molecule has 2 atom stereocenters. The molecule has 1 fully saturated rings. The van der Waals surface area contributed by atoms with E-state index in [1.165, 1.54) is 6.92 Å². The van der Waals surface area contributed by atoms with Gasteiger partial charge in [0.05, 0.1) is 12.6 Å². The highest BCUT2D eigenvalue weighted by Crippen LogP contribution is 2.23. The average molecular weight is 147 g/mol. The van der Waals surface area contributed by atoms with Crippen LogP contribution in [0.4, 0.5) is 4.39 Å². The molecule has 0 aliphatic carbocycles. The highest BCUT2D eigenvalue weighted by Gasteiger charge is 2.42. The summed E-state index contributed by atoms with van der Waals surface area (Å²) in [5, 5.41) is 10.9. The summed E-state index contributed by atoms with van der Waals surface area (Å²) >= 11 is 0. The van der Waals surface area contributed by atoms with E-state index in [1.807, 2.05) is 0 Å². The van der Waals surface area contributed by atoms with Gasteiger partial charge in [-0.2, -0.15) is 0 Å². The Kier molecular flexibility index (Phi) is 1.64. The van der Waals surface area contributed by atoms with Crippen LogP contribution in [0.15, 0.2) is 0 Å². The van der Waals surface area contributed by atoms with Gasteiger partial charge in [0.1, 0.15) is 0 Å². The lowest BCUT2D eigenvalue weighted by Gasteiger charge is -2.06. The number of amides is 1. The standard InChI is InChI=1S/C6H10FNO2/c1-6(7)2-4(3-9)8-5(6)10/h4,9H,2-3H2,1H3,(H,8,10). The third-order valence-corrected chi connectivity index (χ3v) is 1.66. The first-order valence-corrected chi connectivity index (χ1v) is 3.17. The van der Waals surface area contributed by atoms with Crippen LogP contribution in [0, 0.1) is 0 Å². The molecule has 0 aromatic carbocycles. The van der Waals surface area contributed by atoms with Crippen molar-refractivity contribution >= 4 is 5.91 Å². The molecule has 3 nitrogen and oxygen atoms in total. The van der Waals surface area contributed by atoms with Crippen molar-refractivity contribution in [2.75, 3.05) is 6.61 Å². The number of alkyl halides is 1. The van der Waals surface area contributed by atoms with Crippen LogP contribution in [0.2, 0.25) is 0 Å². The normalized spacial score (nSPS) is 39.9. The van der Waals surface area contributed by atoms with E-state index in [4.69, 9.17) is 5.11 Å². The molecule has 2 unspecified atom stereocenters. The summed E-state index contributed by atoms with van der Waals surface area (Å²) < 4.78 is 12.9. The number of aliphatic hydroxyl groups excluding tert-OH is 1. The average Bonchev–Trinajstić information content (AvgIpc) is 2.08. The van der Waals surface area contributed by atoms with Gasteiger partial charge in [0, 0.05) is 6.42 Å². The van der Waals surface area contributed by atoms with Crippen LogP contribution in [0.5, 0.6) is 0 Å². The minimum Gasteiger partial charge on any atom is -0.394 e. The molecular formula is C6H10FNO2. The van der Waals surface area contributed by atoms with Gasteiger partial charge in [0.15, 0.2) is 5.67 Å². The van der Waals surface area contributed by atoms with Crippen molar-refractivity contribution in [2.24, 2.45) is 0 Å². The molecule has 0 radical (unpaired) electrons. The van der Waals surface area contributed by atoms with Crippen molar-refractivity contribution in [1.82, 2.24) is 5.32 Å². The van der Waals surface area contributed by atoms with Crippen molar-refractivity contribution in [3.8, 4) is 0 Å². The molecule has 58 valence electrons. The van der Waals surface area contributed by atoms with E-state index >= 15 is 0 Å². The summed E-state index contributed by atoms with van der Waals surface area (Å²) in [6.07, 6.45) is 0.0718. The predicted molar refractivity (Wildman–Crippen MR) is 33.1 cm³/mol. The lowest BCUT2D eigenvalue weighted by molar-refractivity contribution is -0.128. The van der Waals surface area contributed by atoms with E-state index in [0.717, 1.165) is 0 Å². The Morgan fingerprint density at radius 1 is 2.00 bits per heavy atom. The number of carbonyl (C=O) groups excluding carboxylic acids is 1. The molecule has 0 saturated carbocycles. The van der Waals surface area contributed by atoms with Gasteiger partial charge in [-0.15, -0.1) is 0 Å². The van der Waals surface area contributed by atoms with Crippen LogP contribution in [0.3, 0.4) is 0 Å². The van der Waals surface area contributed by atoms with Crippen molar-refractivity contribution in [1.29, 1.82) is 0 Å². The topological polar surface area (TPSA) is 49.3 Å². The SMILES string of the molecule is CC1(F)CC(CO)NC1=O. The van der Waals surface area contributed by atoms with E-state index in [0.29, 0.717) is 0 Å². The molecule has 0 spiro atoms. The second-order valence-electron chi connectivity index (χ2n) is 2.75. The van der Waals surface area contributed by atoms with Crippen LogP contribution in [0.1, 0.15) is 13.3 Å². The second kappa shape index (κ2) is 2.20. The third kappa shape index (κ3) is 1.11. The first kappa shape index (κ1) is 7.47. The zero-order chi connectivity index (χ0) is 7.78. The first-order chi connectivity index (χ1) is 4.56. The fourth-order valence-electron chi connectivity index (χ4n) is 1.05. The fourth-order valence-corrected chi connectivity index (χ4v) is 1.05. The zero-order valence-corrected chi connectivity index (χ0v) is 5.72. The van der Waals surface area contributed by atoms with Gasteiger partial charge in [-0.25, -0.2) is 4.39 Å². The largest absolute Gasteiger partial charge is 0.394 e. The zero-order valence-electron chi connectivity index (χ0n) is 5.72. The number of nitrogens with one attached hydrogen (secondary N) is 1. The van der Waals surface area contributed by atoms with Gasteiger partial charge >= 0.3 is 0 Å². The van der Waals surface area contributed by atoms with Crippen LogP contribution in [0.25, 0.3) is 0 Å². The number of aliphatic hydroxyl groups is 1. The number of hydrogen-bond donors (Lipinski definition) is 2. The number of hydrogen-bond acceptors (Lipinski definition) is 2. The van der Waals surface area contributed by atoms with Gasteiger partial charge < -0.3 is 10.4 Å². The quantitative estimate of drug-likeness (QED) is 0.530. The summed E-state index contributed by atoms with van der Waals surface area (Å²) in [6, 6.07) is -0.400. The van der Waals surface area contributed by atoms with Gasteiger partial charge in [-0.1, -0.05) is 0 Å². The summed E-state index contributed by atoms with van der Waals surface area (Å²) in [5.41, 5.74) is -1.78. The third-order valence-electron chi connectivity index (χ3n) is 1.66. The highest BCUT2D eigenvalue weighted by molar-refractivity contribution is 5.87. The summed E-state index contributed by atoms with van der Waals surface area (Å²) in [5.74, 6) is -0.619. The molecule has 1 saturated heterocycles. The lowest BCUT2D eigenvalue weighted by atomic mass is 10.1. The molecule has 10 heavy (non-hydrogen) atoms. The number of carbonyl (C=O) groups is 1. The van der Waals surface area contributed by atoms with Crippen LogP contribution in [-0.4, -0.2) is 29.3 Å². The molecule has 0 aromatic heterocycles. The fraction of sp³-hybridized carbons (Fsp3) is 0.833. The summed E-state index contributed by atoms with van der Waals surface area (Å²) in [7, 11) is 0. The van der Waals surface area contributed by atoms with Crippen LogP contribution >= 0.6 is 0 Å². The molecular weight excluding hydrogens is 137 g/mol. The highest BCUT2D eigenvalue weighted by atomic mass is 19.1. The molecule has 2 N–H and O–H groups in total. The van der Waals surface area contributed by atoms with E-state index < -0.39 is 17.6 Å². The molecule has 1 amide bonds. The van der Waals surface area contributed by atoms with Gasteiger partial charge in [-0.3, -0.25) is 4.79 Å². The monoisotopic (exact) mass is 147 g/mol. The Bertz CT molecular complexity index is 158. The van der Waals surface area contributed by atoms with E-state index in [-0.39, 0.29) is 13.0 Å². The maximum Gasteiger partial charge on any atom is 0.257 e. The summed E-state index contributed by atoms with van der Waals surface area (Å²) in [6.45, 7) is 1.03. The Morgan fingerprint density at radius 3 is 2.80 bits per heavy atom.